The molecule has 0 aliphatic carbocycles. The first-order chi connectivity index (χ1) is 15.4. The van der Waals surface area contributed by atoms with Gasteiger partial charge in [0.2, 0.25) is 9.84 Å². The molecule has 4 aromatic rings. The van der Waals surface area contributed by atoms with E-state index < -0.39 is 26.4 Å². The van der Waals surface area contributed by atoms with Crippen molar-refractivity contribution >= 4 is 32.8 Å². The van der Waals surface area contributed by atoms with E-state index >= 15 is 0 Å². The van der Waals surface area contributed by atoms with Crippen molar-refractivity contribution < 1.29 is 22.0 Å². The molecular weight excluding hydrogens is 454 g/mol. The number of hydrogen-bond donors (Lipinski definition) is 1. The van der Waals surface area contributed by atoms with Crippen LogP contribution in [0.25, 0.3) is 21.8 Å². The Labute approximate surface area is 187 Å². The molecule has 4 rings (SSSR count). The molecule has 32 heavy (non-hydrogen) atoms. The van der Waals surface area contributed by atoms with Crippen LogP contribution in [0.5, 0.6) is 0 Å². The van der Waals surface area contributed by atoms with Gasteiger partial charge in [0, 0.05) is 22.2 Å². The molecule has 0 fully saturated rings. The smallest absolute Gasteiger partial charge is 0.322 e. The summed E-state index contributed by atoms with van der Waals surface area (Å²) in [4.78, 5) is 16.6. The van der Waals surface area contributed by atoms with Crippen LogP contribution in [0, 0.1) is 0 Å². The fourth-order valence-corrected chi connectivity index (χ4v) is 4.84. The summed E-state index contributed by atoms with van der Waals surface area (Å²) in [5.41, 5.74) is 2.48. The van der Waals surface area contributed by atoms with Gasteiger partial charge in [-0.05, 0) is 24.3 Å². The number of rotatable bonds is 6. The van der Waals surface area contributed by atoms with Crippen LogP contribution in [0.1, 0.15) is 10.4 Å². The van der Waals surface area contributed by atoms with Crippen LogP contribution in [-0.4, -0.2) is 25.1 Å². The van der Waals surface area contributed by atoms with E-state index in [2.05, 4.69) is 10.3 Å². The second kappa shape index (κ2) is 8.97. The molecule has 0 saturated carbocycles. The van der Waals surface area contributed by atoms with Crippen LogP contribution in [0.3, 0.4) is 0 Å². The number of alkyl halides is 2. The minimum absolute atomic E-state index is 0.349. The van der Waals surface area contributed by atoms with Crippen molar-refractivity contribution in [2.24, 2.45) is 0 Å². The third-order valence-corrected chi connectivity index (χ3v) is 6.94. The van der Waals surface area contributed by atoms with Crippen LogP contribution < -0.4 is 5.32 Å². The Kier molecular flexibility index (Phi) is 6.11. The number of sulfone groups is 1. The van der Waals surface area contributed by atoms with Gasteiger partial charge < -0.3 is 5.32 Å². The molecule has 1 N–H and O–H groups in total. The van der Waals surface area contributed by atoms with E-state index in [1.807, 2.05) is 41.8 Å². The standard InChI is InChI=1S/C23H16F2N2O3S2/c24-23(25)32(29,30)20-12-5-4-11-18(20)21(28)26-17-10-6-9-16(13-17)19-14-31-22(27-19)15-7-2-1-3-8-15/h1-14,23H,(H,26,28). The molecule has 0 aliphatic heterocycles. The number of nitrogens with one attached hydrogen (secondary N) is 1. The zero-order valence-electron chi connectivity index (χ0n) is 16.4. The Hall–Kier alpha value is -3.43. The predicted molar refractivity (Wildman–Crippen MR) is 121 cm³/mol. The van der Waals surface area contributed by atoms with Gasteiger partial charge in [-0.2, -0.15) is 8.78 Å². The Morgan fingerprint density at radius 3 is 2.34 bits per heavy atom. The van der Waals surface area contributed by atoms with E-state index in [-0.39, 0.29) is 5.56 Å². The van der Waals surface area contributed by atoms with Crippen LogP contribution in [0.15, 0.2) is 89.1 Å². The zero-order chi connectivity index (χ0) is 22.7. The molecule has 0 bridgehead atoms. The summed E-state index contributed by atoms with van der Waals surface area (Å²) in [5.74, 6) is -4.42. The number of carbonyl (C=O) groups is 1. The van der Waals surface area contributed by atoms with E-state index in [1.54, 1.807) is 18.2 Å². The normalized spacial score (nSPS) is 11.5. The van der Waals surface area contributed by atoms with Crippen LogP contribution in [0.4, 0.5) is 14.5 Å². The maximum atomic E-state index is 13.0. The van der Waals surface area contributed by atoms with E-state index in [0.717, 1.165) is 22.2 Å². The molecule has 1 amide bonds. The summed E-state index contributed by atoms with van der Waals surface area (Å²) < 4.78 is 49.9. The number of aromatic nitrogens is 1. The van der Waals surface area contributed by atoms with Crippen molar-refractivity contribution in [3.63, 3.8) is 0 Å². The molecule has 162 valence electrons. The van der Waals surface area contributed by atoms with E-state index in [0.29, 0.717) is 11.4 Å². The monoisotopic (exact) mass is 470 g/mol. The summed E-state index contributed by atoms with van der Waals surface area (Å²) in [7, 11) is -4.92. The molecular formula is C23H16F2N2O3S2. The summed E-state index contributed by atoms with van der Waals surface area (Å²) in [6.45, 7) is 0. The number of hydrogen-bond acceptors (Lipinski definition) is 5. The lowest BCUT2D eigenvalue weighted by Crippen LogP contribution is -2.19. The molecule has 0 atom stereocenters. The number of thiazole rings is 1. The first kappa shape index (κ1) is 21.8. The first-order valence-corrected chi connectivity index (χ1v) is 11.8. The maximum absolute atomic E-state index is 13.0. The van der Waals surface area contributed by atoms with E-state index in [9.17, 15) is 22.0 Å². The highest BCUT2D eigenvalue weighted by Gasteiger charge is 2.30. The minimum Gasteiger partial charge on any atom is -0.322 e. The average Bonchev–Trinajstić information content (AvgIpc) is 3.30. The number of amides is 1. The highest BCUT2D eigenvalue weighted by atomic mass is 32.2. The van der Waals surface area contributed by atoms with Crippen molar-refractivity contribution in [2.75, 3.05) is 5.32 Å². The SMILES string of the molecule is O=C(Nc1cccc(-c2csc(-c3ccccc3)n2)c1)c1ccccc1S(=O)(=O)C(F)F. The van der Waals surface area contributed by atoms with Crippen LogP contribution >= 0.6 is 11.3 Å². The topological polar surface area (TPSA) is 76.1 Å². The molecule has 0 saturated heterocycles. The lowest BCUT2D eigenvalue weighted by molar-refractivity contribution is 0.102. The van der Waals surface area contributed by atoms with Gasteiger partial charge >= 0.3 is 5.76 Å². The fourth-order valence-electron chi connectivity index (χ4n) is 3.07. The molecule has 3 aromatic carbocycles. The predicted octanol–water partition coefficient (Wildman–Crippen LogP) is 5.73. The number of benzene rings is 3. The lowest BCUT2D eigenvalue weighted by Gasteiger charge is -2.11. The second-order valence-corrected chi connectivity index (χ2v) is 9.48. The molecule has 0 spiro atoms. The number of halogens is 2. The molecule has 1 heterocycles. The van der Waals surface area contributed by atoms with Gasteiger partial charge in [0.1, 0.15) is 5.01 Å². The summed E-state index contributed by atoms with van der Waals surface area (Å²) in [6, 6.07) is 21.5. The highest BCUT2D eigenvalue weighted by Crippen LogP contribution is 2.30. The van der Waals surface area contributed by atoms with Gasteiger partial charge in [0.25, 0.3) is 5.91 Å². The molecule has 0 aliphatic rings. The summed E-state index contributed by atoms with van der Waals surface area (Å²) in [6.07, 6.45) is 0. The van der Waals surface area contributed by atoms with Crippen molar-refractivity contribution in [3.05, 3.63) is 89.8 Å². The Morgan fingerprint density at radius 1 is 0.906 bits per heavy atom. The van der Waals surface area contributed by atoms with Gasteiger partial charge in [-0.25, -0.2) is 13.4 Å². The van der Waals surface area contributed by atoms with Crippen molar-refractivity contribution in [2.45, 2.75) is 10.7 Å². The average molecular weight is 471 g/mol. The fraction of sp³-hybridized carbons (Fsp3) is 0.0435. The van der Waals surface area contributed by atoms with Gasteiger partial charge in [0.15, 0.2) is 0 Å². The molecule has 9 heteroatoms. The van der Waals surface area contributed by atoms with Gasteiger partial charge in [-0.1, -0.05) is 54.6 Å². The van der Waals surface area contributed by atoms with E-state index in [1.165, 1.54) is 29.5 Å². The van der Waals surface area contributed by atoms with Crippen LogP contribution in [-0.2, 0) is 9.84 Å². The highest BCUT2D eigenvalue weighted by molar-refractivity contribution is 7.91. The zero-order valence-corrected chi connectivity index (χ0v) is 18.0. The number of nitrogens with zero attached hydrogens (tertiary/aromatic N) is 1. The second-order valence-electron chi connectivity index (χ2n) is 6.74. The Balaban J connectivity index is 1.60. The maximum Gasteiger partial charge on any atom is 0.341 e. The molecule has 5 nitrogen and oxygen atoms in total. The van der Waals surface area contributed by atoms with Gasteiger partial charge in [-0.15, -0.1) is 11.3 Å². The summed E-state index contributed by atoms with van der Waals surface area (Å²) >= 11 is 1.49. The Bertz CT molecular complexity index is 1370. The van der Waals surface area contributed by atoms with Crippen molar-refractivity contribution in [1.82, 2.24) is 4.98 Å². The van der Waals surface area contributed by atoms with E-state index in [4.69, 9.17) is 0 Å². The quantitative estimate of drug-likeness (QED) is 0.391. The van der Waals surface area contributed by atoms with Crippen LogP contribution in [0.2, 0.25) is 0 Å². The van der Waals surface area contributed by atoms with Crippen molar-refractivity contribution in [3.8, 4) is 21.8 Å². The molecule has 1 aromatic heterocycles. The van der Waals surface area contributed by atoms with Gasteiger partial charge in [0.05, 0.1) is 16.2 Å². The number of carbonyl (C=O) groups excluding carboxylic acids is 1. The number of anilines is 1. The lowest BCUT2D eigenvalue weighted by atomic mass is 10.1. The van der Waals surface area contributed by atoms with Crippen molar-refractivity contribution in [1.29, 1.82) is 0 Å². The summed E-state index contributed by atoms with van der Waals surface area (Å²) in [5, 5.41) is 5.33. The third kappa shape index (κ3) is 4.44. The Morgan fingerprint density at radius 2 is 1.59 bits per heavy atom. The van der Waals surface area contributed by atoms with Gasteiger partial charge in [-0.3, -0.25) is 4.79 Å². The largest absolute Gasteiger partial charge is 0.341 e. The first-order valence-electron chi connectivity index (χ1n) is 9.40. The molecule has 0 radical (unpaired) electrons. The third-order valence-electron chi connectivity index (χ3n) is 4.61. The minimum atomic E-state index is -4.92. The molecule has 0 unspecified atom stereocenters.